The van der Waals surface area contributed by atoms with Gasteiger partial charge in [-0.1, -0.05) is 43.7 Å². The Morgan fingerprint density at radius 3 is 2.65 bits per heavy atom. The molecule has 3 N–H and O–H groups in total. The van der Waals surface area contributed by atoms with E-state index in [0.717, 1.165) is 12.8 Å². The fourth-order valence-corrected chi connectivity index (χ4v) is 1.40. The van der Waals surface area contributed by atoms with Gasteiger partial charge in [-0.15, -0.1) is 0 Å². The molecule has 1 unspecified atom stereocenters. The highest BCUT2D eigenvalue weighted by Gasteiger charge is 2.25. The number of nitrogens with two attached hydrogens (primary N) is 1. The standard InChI is InChI=1S/C13H19NO3/c1-2-3-9-17-13(16)11(14)12(15)10-7-5-4-6-8-10/h4-8,11-12,15H,2-3,9,14H2,1H3/t11-,12?/m1/s1. The molecule has 0 bridgehead atoms. The molecule has 0 saturated heterocycles. The zero-order chi connectivity index (χ0) is 12.7. The summed E-state index contributed by atoms with van der Waals surface area (Å²) in [6, 6.07) is 7.82. The second-order valence-electron chi connectivity index (χ2n) is 3.90. The molecule has 0 saturated carbocycles. The van der Waals surface area contributed by atoms with Gasteiger partial charge in [0.1, 0.15) is 12.1 Å². The van der Waals surface area contributed by atoms with Gasteiger partial charge in [0, 0.05) is 0 Å². The van der Waals surface area contributed by atoms with Crippen LogP contribution in [0.5, 0.6) is 0 Å². The molecule has 0 aliphatic carbocycles. The number of aliphatic hydroxyl groups is 1. The molecule has 0 radical (unpaired) electrons. The number of esters is 1. The first-order valence-corrected chi connectivity index (χ1v) is 5.82. The highest BCUT2D eigenvalue weighted by atomic mass is 16.5. The first-order valence-electron chi connectivity index (χ1n) is 5.82. The van der Waals surface area contributed by atoms with Crippen molar-refractivity contribution >= 4 is 5.97 Å². The maximum absolute atomic E-state index is 11.5. The minimum atomic E-state index is -1.03. The van der Waals surface area contributed by atoms with Crippen molar-refractivity contribution in [2.24, 2.45) is 5.73 Å². The smallest absolute Gasteiger partial charge is 0.325 e. The van der Waals surface area contributed by atoms with Crippen LogP contribution in [0.2, 0.25) is 0 Å². The Kier molecular flexibility index (Phi) is 5.66. The molecule has 0 aliphatic heterocycles. The largest absolute Gasteiger partial charge is 0.464 e. The monoisotopic (exact) mass is 237 g/mol. The zero-order valence-electron chi connectivity index (χ0n) is 10.0. The summed E-state index contributed by atoms with van der Waals surface area (Å²) >= 11 is 0. The van der Waals surface area contributed by atoms with Gasteiger partial charge >= 0.3 is 5.97 Å². The van der Waals surface area contributed by atoms with Gasteiger partial charge in [-0.05, 0) is 12.0 Å². The lowest BCUT2D eigenvalue weighted by Crippen LogP contribution is -2.38. The summed E-state index contributed by atoms with van der Waals surface area (Å²) in [5.74, 6) is -0.560. The molecule has 0 amide bonds. The van der Waals surface area contributed by atoms with E-state index < -0.39 is 18.1 Å². The number of unbranched alkanes of at least 4 members (excludes halogenated alkanes) is 1. The van der Waals surface area contributed by atoms with E-state index in [4.69, 9.17) is 10.5 Å². The third kappa shape index (κ3) is 4.17. The third-order valence-electron chi connectivity index (χ3n) is 2.50. The van der Waals surface area contributed by atoms with Crippen molar-refractivity contribution in [2.75, 3.05) is 6.61 Å². The SMILES string of the molecule is CCCCOC(=O)[C@H](N)C(O)c1ccccc1. The van der Waals surface area contributed by atoms with E-state index in [1.54, 1.807) is 24.3 Å². The first kappa shape index (κ1) is 13.7. The number of hydrogen-bond acceptors (Lipinski definition) is 4. The van der Waals surface area contributed by atoms with Gasteiger partial charge < -0.3 is 15.6 Å². The molecular formula is C13H19NO3. The highest BCUT2D eigenvalue weighted by molar-refractivity contribution is 5.76. The average Bonchev–Trinajstić information content (AvgIpc) is 2.38. The van der Waals surface area contributed by atoms with Crippen molar-refractivity contribution in [3.05, 3.63) is 35.9 Å². The van der Waals surface area contributed by atoms with Gasteiger partial charge in [0.25, 0.3) is 0 Å². The van der Waals surface area contributed by atoms with E-state index in [2.05, 4.69) is 0 Å². The second kappa shape index (κ2) is 7.04. The van der Waals surface area contributed by atoms with Gasteiger partial charge in [0.15, 0.2) is 0 Å². The van der Waals surface area contributed by atoms with E-state index in [1.165, 1.54) is 0 Å². The Hall–Kier alpha value is -1.39. The summed E-state index contributed by atoms with van der Waals surface area (Å²) in [6.45, 7) is 2.36. The molecule has 1 aromatic carbocycles. The predicted octanol–water partition coefficient (Wildman–Crippen LogP) is 1.39. The van der Waals surface area contributed by atoms with Crippen LogP contribution >= 0.6 is 0 Å². The molecule has 4 heteroatoms. The molecule has 1 aromatic rings. The highest BCUT2D eigenvalue weighted by Crippen LogP contribution is 2.15. The van der Waals surface area contributed by atoms with Gasteiger partial charge in [-0.25, -0.2) is 0 Å². The Labute approximate surface area is 101 Å². The number of ether oxygens (including phenoxy) is 1. The van der Waals surface area contributed by atoms with E-state index in [0.29, 0.717) is 12.2 Å². The van der Waals surface area contributed by atoms with Gasteiger partial charge in [0.2, 0.25) is 0 Å². The molecule has 94 valence electrons. The summed E-state index contributed by atoms with van der Waals surface area (Å²) in [4.78, 5) is 11.5. The summed E-state index contributed by atoms with van der Waals surface area (Å²) in [5, 5.41) is 9.89. The maximum Gasteiger partial charge on any atom is 0.325 e. The molecule has 2 atom stereocenters. The van der Waals surface area contributed by atoms with Crippen molar-refractivity contribution in [2.45, 2.75) is 31.9 Å². The van der Waals surface area contributed by atoms with Crippen LogP contribution in [0.4, 0.5) is 0 Å². The third-order valence-corrected chi connectivity index (χ3v) is 2.50. The molecular weight excluding hydrogens is 218 g/mol. The van der Waals surface area contributed by atoms with E-state index in [-0.39, 0.29) is 0 Å². The number of hydrogen-bond donors (Lipinski definition) is 2. The molecule has 0 heterocycles. The molecule has 1 rings (SSSR count). The number of aliphatic hydroxyl groups excluding tert-OH is 1. The summed E-state index contributed by atoms with van der Waals surface area (Å²) in [6.07, 6.45) is 0.731. The van der Waals surface area contributed by atoms with E-state index >= 15 is 0 Å². The van der Waals surface area contributed by atoms with Crippen LogP contribution in [0, 0.1) is 0 Å². The summed E-state index contributed by atoms with van der Waals surface area (Å²) < 4.78 is 4.96. The first-order chi connectivity index (χ1) is 8.16. The minimum Gasteiger partial charge on any atom is -0.464 e. The lowest BCUT2D eigenvalue weighted by atomic mass is 10.0. The van der Waals surface area contributed by atoms with Crippen molar-refractivity contribution < 1.29 is 14.6 Å². The molecule has 0 spiro atoms. The quantitative estimate of drug-likeness (QED) is 0.579. The number of benzene rings is 1. The van der Waals surface area contributed by atoms with Crippen LogP contribution < -0.4 is 5.73 Å². The van der Waals surface area contributed by atoms with Crippen LogP contribution in [0.25, 0.3) is 0 Å². The van der Waals surface area contributed by atoms with E-state index in [1.807, 2.05) is 13.0 Å². The Bertz CT molecular complexity index is 340. The van der Waals surface area contributed by atoms with Crippen molar-refractivity contribution in [3.63, 3.8) is 0 Å². The van der Waals surface area contributed by atoms with Crippen LogP contribution in [-0.2, 0) is 9.53 Å². The molecule has 0 fully saturated rings. The molecule has 0 aliphatic rings. The lowest BCUT2D eigenvalue weighted by Gasteiger charge is -2.17. The topological polar surface area (TPSA) is 72.5 Å². The fourth-order valence-electron chi connectivity index (χ4n) is 1.40. The van der Waals surface area contributed by atoms with Crippen LogP contribution in [0.3, 0.4) is 0 Å². The van der Waals surface area contributed by atoms with Crippen molar-refractivity contribution in [3.8, 4) is 0 Å². The maximum atomic E-state index is 11.5. The van der Waals surface area contributed by atoms with Crippen LogP contribution in [0.15, 0.2) is 30.3 Å². The fraction of sp³-hybridized carbons (Fsp3) is 0.462. The Morgan fingerprint density at radius 1 is 1.41 bits per heavy atom. The number of carbonyl (C=O) groups is 1. The molecule has 0 aromatic heterocycles. The molecule has 4 nitrogen and oxygen atoms in total. The van der Waals surface area contributed by atoms with Crippen LogP contribution in [0.1, 0.15) is 31.4 Å². The minimum absolute atomic E-state index is 0.352. The van der Waals surface area contributed by atoms with E-state index in [9.17, 15) is 9.90 Å². The number of rotatable bonds is 6. The van der Waals surface area contributed by atoms with Gasteiger partial charge in [0.05, 0.1) is 6.61 Å². The van der Waals surface area contributed by atoms with Crippen molar-refractivity contribution in [1.29, 1.82) is 0 Å². The lowest BCUT2D eigenvalue weighted by molar-refractivity contribution is -0.148. The predicted molar refractivity (Wildman–Crippen MR) is 65.2 cm³/mol. The normalized spacial score (nSPS) is 14.1. The Morgan fingerprint density at radius 2 is 2.06 bits per heavy atom. The van der Waals surface area contributed by atoms with Gasteiger partial charge in [-0.3, -0.25) is 4.79 Å². The summed E-state index contributed by atoms with van der Waals surface area (Å²) in [5.41, 5.74) is 6.27. The molecule has 17 heavy (non-hydrogen) atoms. The Balaban J connectivity index is 2.51. The average molecular weight is 237 g/mol. The summed E-state index contributed by atoms with van der Waals surface area (Å²) in [7, 11) is 0. The van der Waals surface area contributed by atoms with Crippen LogP contribution in [-0.4, -0.2) is 23.7 Å². The zero-order valence-corrected chi connectivity index (χ0v) is 10.0. The van der Waals surface area contributed by atoms with Crippen molar-refractivity contribution in [1.82, 2.24) is 0 Å². The van der Waals surface area contributed by atoms with Gasteiger partial charge in [-0.2, -0.15) is 0 Å². The second-order valence-corrected chi connectivity index (χ2v) is 3.90. The number of carbonyl (C=O) groups excluding carboxylic acids is 1.